The number of amides is 1. The van der Waals surface area contributed by atoms with E-state index in [1.54, 1.807) is 0 Å². The van der Waals surface area contributed by atoms with Gasteiger partial charge in [-0.25, -0.2) is 4.79 Å². The van der Waals surface area contributed by atoms with E-state index in [4.69, 9.17) is 4.74 Å². The molecule has 128 valence electrons. The van der Waals surface area contributed by atoms with Crippen molar-refractivity contribution in [2.75, 3.05) is 6.54 Å². The van der Waals surface area contributed by atoms with Gasteiger partial charge in [-0.05, 0) is 65.2 Å². The van der Waals surface area contributed by atoms with Crippen molar-refractivity contribution >= 4 is 6.09 Å². The Morgan fingerprint density at radius 3 is 2.45 bits per heavy atom. The van der Waals surface area contributed by atoms with Crippen LogP contribution in [0.25, 0.3) is 0 Å². The van der Waals surface area contributed by atoms with Gasteiger partial charge in [-0.2, -0.15) is 0 Å². The van der Waals surface area contributed by atoms with Gasteiger partial charge in [0.1, 0.15) is 5.60 Å². The molecule has 4 nitrogen and oxygen atoms in total. The summed E-state index contributed by atoms with van der Waals surface area (Å²) in [5.41, 5.74) is -0.422. The summed E-state index contributed by atoms with van der Waals surface area (Å²) < 4.78 is 5.32. The maximum atomic E-state index is 11.8. The van der Waals surface area contributed by atoms with Gasteiger partial charge in [-0.3, -0.25) is 0 Å². The Kier molecular flexibility index (Phi) is 6.13. The van der Waals surface area contributed by atoms with Crippen LogP contribution in [0.2, 0.25) is 0 Å². The lowest BCUT2D eigenvalue weighted by Gasteiger charge is -2.29. The van der Waals surface area contributed by atoms with E-state index in [2.05, 4.69) is 17.6 Å². The number of alkyl carbamates (subject to hydrolysis) is 1. The zero-order chi connectivity index (χ0) is 16.2. The first-order chi connectivity index (χ1) is 10.3. The highest BCUT2D eigenvalue weighted by atomic mass is 16.6. The van der Waals surface area contributed by atoms with Crippen LogP contribution in [0.5, 0.6) is 0 Å². The first-order valence-electron chi connectivity index (χ1n) is 9.08. The molecule has 2 saturated carbocycles. The van der Waals surface area contributed by atoms with Gasteiger partial charge in [0.05, 0.1) is 0 Å². The third-order valence-corrected chi connectivity index (χ3v) is 5.15. The molecule has 1 amide bonds. The van der Waals surface area contributed by atoms with Crippen molar-refractivity contribution in [3.8, 4) is 0 Å². The number of ether oxygens (including phenoxy) is 1. The first kappa shape index (κ1) is 17.6. The topological polar surface area (TPSA) is 50.4 Å². The number of nitrogens with one attached hydrogen (secondary N) is 2. The van der Waals surface area contributed by atoms with Crippen molar-refractivity contribution < 1.29 is 9.53 Å². The van der Waals surface area contributed by atoms with Crippen molar-refractivity contribution in [2.45, 2.75) is 90.3 Å². The second-order valence-corrected chi connectivity index (χ2v) is 8.18. The van der Waals surface area contributed by atoms with Crippen LogP contribution in [-0.4, -0.2) is 30.3 Å². The molecule has 3 atom stereocenters. The van der Waals surface area contributed by atoms with E-state index in [0.29, 0.717) is 18.0 Å². The highest BCUT2D eigenvalue weighted by Crippen LogP contribution is 2.30. The minimum Gasteiger partial charge on any atom is -0.444 e. The van der Waals surface area contributed by atoms with Crippen LogP contribution in [-0.2, 0) is 4.74 Å². The lowest BCUT2D eigenvalue weighted by atomic mass is 9.96. The van der Waals surface area contributed by atoms with Crippen LogP contribution in [0.15, 0.2) is 0 Å². The molecule has 0 heterocycles. The molecule has 2 rings (SSSR count). The molecule has 0 aromatic rings. The molecule has 0 spiro atoms. The summed E-state index contributed by atoms with van der Waals surface area (Å²) >= 11 is 0. The predicted octanol–water partition coefficient (Wildman–Crippen LogP) is 3.85. The van der Waals surface area contributed by atoms with Gasteiger partial charge < -0.3 is 15.4 Å². The van der Waals surface area contributed by atoms with E-state index in [1.165, 1.54) is 44.9 Å². The molecule has 0 saturated heterocycles. The summed E-state index contributed by atoms with van der Waals surface area (Å²) in [7, 11) is 0. The summed E-state index contributed by atoms with van der Waals surface area (Å²) in [4.78, 5) is 11.8. The van der Waals surface area contributed by atoms with Gasteiger partial charge in [0.2, 0.25) is 0 Å². The highest BCUT2D eigenvalue weighted by molar-refractivity contribution is 5.67. The van der Waals surface area contributed by atoms with Crippen molar-refractivity contribution in [3.63, 3.8) is 0 Å². The van der Waals surface area contributed by atoms with Crippen LogP contribution >= 0.6 is 0 Å². The van der Waals surface area contributed by atoms with Crippen LogP contribution in [0, 0.1) is 11.8 Å². The molecular formula is C18H34N2O2. The molecular weight excluding hydrogens is 276 g/mol. The third kappa shape index (κ3) is 5.45. The quantitative estimate of drug-likeness (QED) is 0.811. The first-order valence-corrected chi connectivity index (χ1v) is 9.08. The van der Waals surface area contributed by atoms with E-state index in [0.717, 1.165) is 12.5 Å². The molecule has 0 aromatic carbocycles. The summed E-state index contributed by atoms with van der Waals surface area (Å²) in [6.07, 6.45) is 8.94. The Labute approximate surface area is 135 Å². The maximum absolute atomic E-state index is 11.8. The van der Waals surface area contributed by atoms with E-state index < -0.39 is 5.60 Å². The SMILES string of the molecule is CC(NC1CCCC1CNC(=O)OC(C)(C)C)C1CCCC1. The Morgan fingerprint density at radius 1 is 1.14 bits per heavy atom. The molecule has 2 N–H and O–H groups in total. The van der Waals surface area contributed by atoms with Gasteiger partial charge in [0, 0.05) is 18.6 Å². The number of hydrogen-bond acceptors (Lipinski definition) is 3. The number of hydrogen-bond donors (Lipinski definition) is 2. The van der Waals surface area contributed by atoms with Crippen LogP contribution in [0.1, 0.15) is 72.6 Å². The molecule has 2 aliphatic carbocycles. The lowest BCUT2D eigenvalue weighted by Crippen LogP contribution is -2.45. The largest absolute Gasteiger partial charge is 0.444 e. The van der Waals surface area contributed by atoms with Crippen molar-refractivity contribution in [3.05, 3.63) is 0 Å². The van der Waals surface area contributed by atoms with Gasteiger partial charge >= 0.3 is 6.09 Å². The minimum atomic E-state index is -0.422. The fraction of sp³-hybridized carbons (Fsp3) is 0.944. The zero-order valence-electron chi connectivity index (χ0n) is 14.8. The molecule has 2 aliphatic rings. The molecule has 0 aromatic heterocycles. The molecule has 2 fully saturated rings. The number of carbonyl (C=O) groups is 1. The molecule has 4 heteroatoms. The summed E-state index contributed by atoms with van der Waals surface area (Å²) in [6.45, 7) is 8.76. The zero-order valence-corrected chi connectivity index (χ0v) is 14.8. The molecule has 0 aliphatic heterocycles. The Balaban J connectivity index is 1.74. The fourth-order valence-electron chi connectivity index (χ4n) is 3.96. The fourth-order valence-corrected chi connectivity index (χ4v) is 3.96. The smallest absolute Gasteiger partial charge is 0.407 e. The van der Waals surface area contributed by atoms with Crippen molar-refractivity contribution in [1.82, 2.24) is 10.6 Å². The average Bonchev–Trinajstić information content (AvgIpc) is 3.05. The molecule has 0 bridgehead atoms. The second-order valence-electron chi connectivity index (χ2n) is 8.18. The normalized spacial score (nSPS) is 27.8. The third-order valence-electron chi connectivity index (χ3n) is 5.15. The predicted molar refractivity (Wildman–Crippen MR) is 89.9 cm³/mol. The summed E-state index contributed by atoms with van der Waals surface area (Å²) in [5, 5.41) is 6.80. The lowest BCUT2D eigenvalue weighted by molar-refractivity contribution is 0.0517. The Hall–Kier alpha value is -0.770. The highest BCUT2D eigenvalue weighted by Gasteiger charge is 2.31. The maximum Gasteiger partial charge on any atom is 0.407 e. The van der Waals surface area contributed by atoms with Gasteiger partial charge in [-0.1, -0.05) is 19.3 Å². The van der Waals surface area contributed by atoms with Crippen molar-refractivity contribution in [2.24, 2.45) is 11.8 Å². The summed E-state index contributed by atoms with van der Waals surface area (Å²) in [6, 6.07) is 1.15. The van der Waals surface area contributed by atoms with Gasteiger partial charge in [0.25, 0.3) is 0 Å². The van der Waals surface area contributed by atoms with Gasteiger partial charge in [-0.15, -0.1) is 0 Å². The minimum absolute atomic E-state index is 0.290. The van der Waals surface area contributed by atoms with Gasteiger partial charge in [0.15, 0.2) is 0 Å². The number of rotatable bonds is 5. The van der Waals surface area contributed by atoms with E-state index in [1.807, 2.05) is 20.8 Å². The van der Waals surface area contributed by atoms with Crippen LogP contribution in [0.3, 0.4) is 0 Å². The Morgan fingerprint density at radius 2 is 1.82 bits per heavy atom. The number of carbonyl (C=O) groups excluding carboxylic acids is 1. The Bertz CT molecular complexity index is 359. The monoisotopic (exact) mass is 310 g/mol. The summed E-state index contributed by atoms with van der Waals surface area (Å²) in [5.74, 6) is 1.39. The van der Waals surface area contributed by atoms with Crippen LogP contribution in [0.4, 0.5) is 4.79 Å². The van der Waals surface area contributed by atoms with E-state index >= 15 is 0 Å². The average molecular weight is 310 g/mol. The molecule has 3 unspecified atom stereocenters. The van der Waals surface area contributed by atoms with E-state index in [9.17, 15) is 4.79 Å². The second kappa shape index (κ2) is 7.67. The van der Waals surface area contributed by atoms with Crippen molar-refractivity contribution in [1.29, 1.82) is 0 Å². The van der Waals surface area contributed by atoms with Crippen LogP contribution < -0.4 is 10.6 Å². The standard InChI is InChI=1S/C18H34N2O2/c1-13(14-8-5-6-9-14)20-16-11-7-10-15(16)12-19-17(21)22-18(2,3)4/h13-16,20H,5-12H2,1-4H3,(H,19,21). The molecule has 22 heavy (non-hydrogen) atoms. The van der Waals surface area contributed by atoms with E-state index in [-0.39, 0.29) is 6.09 Å². The molecule has 0 radical (unpaired) electrons.